The molecule has 0 aromatic carbocycles. The average Bonchev–Trinajstić information content (AvgIpc) is 2.24. The Balaban J connectivity index is 4.38. The quantitative estimate of drug-likeness (QED) is 0.436. The van der Waals surface area contributed by atoms with Gasteiger partial charge in [-0.05, 0) is 0 Å². The van der Waals surface area contributed by atoms with E-state index in [4.69, 9.17) is 30.6 Å². The van der Waals surface area contributed by atoms with Crippen molar-refractivity contribution in [2.75, 3.05) is 0 Å². The van der Waals surface area contributed by atoms with Crippen LogP contribution in [0.25, 0.3) is 0 Å². The van der Waals surface area contributed by atoms with E-state index >= 15 is 0 Å². The summed E-state index contributed by atoms with van der Waals surface area (Å²) in [5.74, 6) is 0. The van der Waals surface area contributed by atoms with Gasteiger partial charge in [-0.2, -0.15) is 0 Å². The minimum absolute atomic E-state index is 1.05. The van der Waals surface area contributed by atoms with Gasteiger partial charge in [-0.25, -0.2) is 0 Å². The summed E-state index contributed by atoms with van der Waals surface area (Å²) in [7, 11) is 0. The molecule has 15 heavy (non-hydrogen) atoms. The third-order valence-corrected chi connectivity index (χ3v) is 13.0. The Hall–Kier alpha value is 0.579. The van der Waals surface area contributed by atoms with E-state index in [2.05, 4.69) is 13.8 Å². The van der Waals surface area contributed by atoms with E-state index in [1.165, 1.54) is 11.1 Å². The van der Waals surface area contributed by atoms with Gasteiger partial charge in [-0.1, -0.05) is 0 Å². The molecule has 0 aromatic rings. The molecule has 5 heteroatoms. The molecular formula is C10H20O2S2Sn. The van der Waals surface area contributed by atoms with Crippen LogP contribution in [0.2, 0.25) is 8.87 Å². The van der Waals surface area contributed by atoms with Crippen LogP contribution < -0.4 is 0 Å². The summed E-state index contributed by atoms with van der Waals surface area (Å²) in [6.45, 7) is 4.34. The molecule has 0 spiro atoms. The molecule has 2 nitrogen and oxygen atoms in total. The molecule has 0 unspecified atom stereocenters. The van der Waals surface area contributed by atoms with Crippen LogP contribution in [-0.2, 0) is 6.15 Å². The predicted octanol–water partition coefficient (Wildman–Crippen LogP) is 3.98. The van der Waals surface area contributed by atoms with Crippen LogP contribution in [0.3, 0.4) is 0 Å². The SMILES string of the molecule is CCC[CH2][Sn]([CH2]CCC)([O]C=S)[O]C=S. The van der Waals surface area contributed by atoms with Crippen molar-refractivity contribution in [3.05, 3.63) is 0 Å². The number of rotatable bonds is 10. The van der Waals surface area contributed by atoms with Crippen LogP contribution in [0.15, 0.2) is 0 Å². The van der Waals surface area contributed by atoms with Gasteiger partial charge < -0.3 is 0 Å². The molecule has 0 aliphatic carbocycles. The topological polar surface area (TPSA) is 18.5 Å². The van der Waals surface area contributed by atoms with E-state index < -0.39 is 19.2 Å². The maximum absolute atomic E-state index is 5.65. The molecule has 0 radical (unpaired) electrons. The normalized spacial score (nSPS) is 10.8. The van der Waals surface area contributed by atoms with Crippen LogP contribution in [0.1, 0.15) is 39.5 Å². The van der Waals surface area contributed by atoms with E-state index in [1.807, 2.05) is 0 Å². The Labute approximate surface area is 109 Å². The molecule has 0 saturated carbocycles. The third kappa shape index (κ3) is 6.68. The van der Waals surface area contributed by atoms with Crippen LogP contribution in [0, 0.1) is 0 Å². The maximum atomic E-state index is 5.65. The number of hydrogen-bond donors (Lipinski definition) is 0. The molecule has 0 amide bonds. The summed E-state index contributed by atoms with van der Waals surface area (Å²) >= 11 is 6.64. The van der Waals surface area contributed by atoms with E-state index in [-0.39, 0.29) is 0 Å². The zero-order valence-corrected chi connectivity index (χ0v) is 14.0. The number of hydrogen-bond acceptors (Lipinski definition) is 4. The van der Waals surface area contributed by atoms with Gasteiger partial charge in [0.1, 0.15) is 0 Å². The van der Waals surface area contributed by atoms with Crippen molar-refractivity contribution < 1.29 is 6.15 Å². The second-order valence-electron chi connectivity index (χ2n) is 3.55. The molecule has 0 saturated heterocycles. The van der Waals surface area contributed by atoms with Crippen molar-refractivity contribution in [1.29, 1.82) is 0 Å². The van der Waals surface area contributed by atoms with Crippen molar-refractivity contribution in [3.8, 4) is 0 Å². The number of unbranched alkanes of at least 4 members (excludes halogenated alkanes) is 2. The van der Waals surface area contributed by atoms with Gasteiger partial charge in [0.05, 0.1) is 0 Å². The minimum atomic E-state index is -2.95. The monoisotopic (exact) mass is 356 g/mol. The number of thiocarbonyl (C=S) groups is 2. The van der Waals surface area contributed by atoms with E-state index in [1.54, 1.807) is 0 Å². The van der Waals surface area contributed by atoms with Gasteiger partial charge in [0.25, 0.3) is 0 Å². The van der Waals surface area contributed by atoms with Crippen LogP contribution in [0.5, 0.6) is 0 Å². The van der Waals surface area contributed by atoms with E-state index in [0.29, 0.717) is 0 Å². The average molecular weight is 355 g/mol. The Morgan fingerprint density at radius 3 is 1.60 bits per heavy atom. The zero-order chi connectivity index (χ0) is 11.6. The van der Waals surface area contributed by atoms with Gasteiger partial charge in [-0.3, -0.25) is 0 Å². The molecule has 0 bridgehead atoms. The Morgan fingerprint density at radius 1 is 0.933 bits per heavy atom. The molecule has 0 aliphatic heterocycles. The molecule has 0 aromatic heterocycles. The van der Waals surface area contributed by atoms with Crippen molar-refractivity contribution >= 4 is 54.7 Å². The first-order valence-electron chi connectivity index (χ1n) is 5.47. The first-order chi connectivity index (χ1) is 7.24. The molecule has 0 atom stereocenters. The van der Waals surface area contributed by atoms with Crippen molar-refractivity contribution in [3.63, 3.8) is 0 Å². The fourth-order valence-corrected chi connectivity index (χ4v) is 12.1. The van der Waals surface area contributed by atoms with Gasteiger partial charge >= 0.3 is 109 Å². The van der Waals surface area contributed by atoms with Gasteiger partial charge in [0.2, 0.25) is 0 Å². The summed E-state index contributed by atoms with van der Waals surface area (Å²) in [5, 5.41) is 0. The first-order valence-corrected chi connectivity index (χ1v) is 12.8. The summed E-state index contributed by atoms with van der Waals surface area (Å²) in [6.07, 6.45) is 4.61. The summed E-state index contributed by atoms with van der Waals surface area (Å²) in [6, 6.07) is 0. The molecule has 0 heterocycles. The van der Waals surface area contributed by atoms with E-state index in [0.717, 1.165) is 34.6 Å². The zero-order valence-electron chi connectivity index (χ0n) is 9.53. The van der Waals surface area contributed by atoms with E-state index in [9.17, 15) is 0 Å². The fraction of sp³-hybridized carbons (Fsp3) is 0.800. The van der Waals surface area contributed by atoms with Gasteiger partial charge in [0.15, 0.2) is 0 Å². The Morgan fingerprint density at radius 2 is 1.33 bits per heavy atom. The van der Waals surface area contributed by atoms with Crippen LogP contribution in [0.4, 0.5) is 0 Å². The first kappa shape index (κ1) is 15.6. The van der Waals surface area contributed by atoms with Crippen molar-refractivity contribution in [2.24, 2.45) is 0 Å². The predicted molar refractivity (Wildman–Crippen MR) is 74.7 cm³/mol. The fourth-order valence-electron chi connectivity index (χ4n) is 1.46. The molecule has 0 rings (SSSR count). The molecule has 0 aliphatic rings. The molecule has 0 N–H and O–H groups in total. The Kier molecular flexibility index (Phi) is 10.2. The molecule has 88 valence electrons. The Bertz CT molecular complexity index is 168. The molecule has 0 fully saturated rings. The summed E-state index contributed by atoms with van der Waals surface area (Å²) in [5.41, 5.74) is 2.75. The third-order valence-electron chi connectivity index (χ3n) is 2.35. The second kappa shape index (κ2) is 9.78. The second-order valence-corrected chi connectivity index (χ2v) is 13.3. The van der Waals surface area contributed by atoms with Gasteiger partial charge in [-0.15, -0.1) is 0 Å². The summed E-state index contributed by atoms with van der Waals surface area (Å²) < 4.78 is 13.4. The molecular weight excluding hydrogens is 335 g/mol. The van der Waals surface area contributed by atoms with Crippen LogP contribution >= 0.6 is 24.4 Å². The van der Waals surface area contributed by atoms with Crippen LogP contribution in [-0.4, -0.2) is 30.3 Å². The standard InChI is InChI=1S/2C4H9.2CH2OS.Sn/c2*1-3-4-2;2*2-1-3;/h2*1,3-4H2,2H3;2*1H,(H,2,3);/q;;;;+2/p-2. The van der Waals surface area contributed by atoms with Crippen molar-refractivity contribution in [2.45, 2.75) is 48.4 Å². The van der Waals surface area contributed by atoms with Gasteiger partial charge in [0, 0.05) is 0 Å². The summed E-state index contributed by atoms with van der Waals surface area (Å²) in [4.78, 5) is 0. The van der Waals surface area contributed by atoms with Crippen molar-refractivity contribution in [1.82, 2.24) is 0 Å².